The van der Waals surface area contributed by atoms with E-state index in [0.29, 0.717) is 17.7 Å². The number of rotatable bonds is 7. The van der Waals surface area contributed by atoms with E-state index in [0.717, 1.165) is 33.6 Å². The average Bonchev–Trinajstić information content (AvgIpc) is 3.32. The van der Waals surface area contributed by atoms with Gasteiger partial charge >= 0.3 is 5.97 Å². The number of benzene rings is 2. The highest BCUT2D eigenvalue weighted by atomic mass is 32.1. The van der Waals surface area contributed by atoms with Gasteiger partial charge in [0.05, 0.1) is 18.2 Å². The minimum absolute atomic E-state index is 0.173. The van der Waals surface area contributed by atoms with Crippen molar-refractivity contribution in [2.75, 3.05) is 11.9 Å². The Kier molecular flexibility index (Phi) is 6.18. The highest BCUT2D eigenvalue weighted by Gasteiger charge is 2.21. The van der Waals surface area contributed by atoms with Gasteiger partial charge in [-0.2, -0.15) is 0 Å². The molecule has 1 atom stereocenters. The van der Waals surface area contributed by atoms with Crippen molar-refractivity contribution >= 4 is 33.9 Å². The minimum atomic E-state index is -0.322. The summed E-state index contributed by atoms with van der Waals surface area (Å²) in [5.74, 6) is -0.149. The number of carbonyl (C=O) groups is 1. The van der Waals surface area contributed by atoms with Gasteiger partial charge in [0.15, 0.2) is 0 Å². The average molecular weight is 433 g/mol. The molecule has 0 radical (unpaired) electrons. The maximum absolute atomic E-state index is 12.1. The van der Waals surface area contributed by atoms with E-state index in [1.54, 1.807) is 23.5 Å². The molecule has 158 valence electrons. The number of fused-ring (bicyclic) bond motifs is 1. The van der Waals surface area contributed by atoms with Crippen LogP contribution in [0.5, 0.6) is 5.75 Å². The summed E-state index contributed by atoms with van der Waals surface area (Å²) in [6, 6.07) is 18.8. The molecule has 0 aliphatic carbocycles. The Labute approximate surface area is 185 Å². The Morgan fingerprint density at radius 2 is 1.90 bits per heavy atom. The van der Waals surface area contributed by atoms with E-state index in [-0.39, 0.29) is 17.8 Å². The number of thiophene rings is 1. The van der Waals surface area contributed by atoms with Crippen LogP contribution in [0.2, 0.25) is 0 Å². The zero-order valence-corrected chi connectivity index (χ0v) is 18.3. The van der Waals surface area contributed by atoms with Crippen LogP contribution in [0.25, 0.3) is 10.9 Å². The molecule has 0 aliphatic rings. The molecule has 2 aromatic heterocycles. The second-order valence-electron chi connectivity index (χ2n) is 7.33. The molecule has 31 heavy (non-hydrogen) atoms. The lowest BCUT2D eigenvalue weighted by Crippen LogP contribution is -2.12. The van der Waals surface area contributed by atoms with Crippen LogP contribution < -0.4 is 5.32 Å². The lowest BCUT2D eigenvalue weighted by atomic mass is 10.0. The SMILES string of the molecule is CCCOC(=O)c1ccc(NC(c2cccs2)c2ccc3ccc(C)nc3c2O)cc1. The molecular formula is C25H24N2O3S. The van der Waals surface area contributed by atoms with Crippen LogP contribution in [0.15, 0.2) is 66.0 Å². The zero-order chi connectivity index (χ0) is 21.8. The van der Waals surface area contributed by atoms with Gasteiger partial charge in [-0.05, 0) is 55.1 Å². The van der Waals surface area contributed by atoms with Crippen LogP contribution in [0, 0.1) is 6.92 Å². The maximum Gasteiger partial charge on any atom is 0.338 e. The summed E-state index contributed by atoms with van der Waals surface area (Å²) >= 11 is 1.61. The Balaban J connectivity index is 1.67. The molecule has 2 N–H and O–H groups in total. The fourth-order valence-corrected chi connectivity index (χ4v) is 4.22. The van der Waals surface area contributed by atoms with E-state index in [4.69, 9.17) is 4.74 Å². The van der Waals surface area contributed by atoms with Gasteiger partial charge in [-0.15, -0.1) is 11.3 Å². The number of esters is 1. The van der Waals surface area contributed by atoms with Crippen molar-refractivity contribution in [3.05, 3.63) is 87.7 Å². The summed E-state index contributed by atoms with van der Waals surface area (Å²) in [5.41, 5.74) is 3.54. The van der Waals surface area contributed by atoms with Crippen LogP contribution in [-0.4, -0.2) is 22.7 Å². The number of hydrogen-bond donors (Lipinski definition) is 2. The van der Waals surface area contributed by atoms with Gasteiger partial charge in [0.25, 0.3) is 0 Å². The number of pyridine rings is 1. The molecular weight excluding hydrogens is 408 g/mol. The number of nitrogens with one attached hydrogen (secondary N) is 1. The quantitative estimate of drug-likeness (QED) is 0.346. The highest BCUT2D eigenvalue weighted by Crippen LogP contribution is 2.38. The zero-order valence-electron chi connectivity index (χ0n) is 17.5. The molecule has 0 saturated carbocycles. The van der Waals surface area contributed by atoms with Crippen molar-refractivity contribution in [3.63, 3.8) is 0 Å². The summed E-state index contributed by atoms with van der Waals surface area (Å²) in [4.78, 5) is 17.7. The molecule has 0 aliphatic heterocycles. The molecule has 1 unspecified atom stereocenters. The molecule has 0 spiro atoms. The van der Waals surface area contributed by atoms with Gasteiger partial charge in [0.2, 0.25) is 0 Å². The minimum Gasteiger partial charge on any atom is -0.505 e. The van der Waals surface area contributed by atoms with E-state index in [2.05, 4.69) is 10.3 Å². The molecule has 5 nitrogen and oxygen atoms in total. The molecule has 4 rings (SSSR count). The van der Waals surface area contributed by atoms with Crippen LogP contribution in [0.1, 0.15) is 45.9 Å². The Morgan fingerprint density at radius 3 is 2.61 bits per heavy atom. The number of aromatic hydroxyl groups is 1. The second-order valence-corrected chi connectivity index (χ2v) is 8.31. The summed E-state index contributed by atoms with van der Waals surface area (Å²) in [7, 11) is 0. The van der Waals surface area contributed by atoms with E-state index in [9.17, 15) is 9.90 Å². The van der Waals surface area contributed by atoms with Crippen LogP contribution in [0.4, 0.5) is 5.69 Å². The van der Waals surface area contributed by atoms with Gasteiger partial charge < -0.3 is 15.2 Å². The number of nitrogens with zero attached hydrogens (tertiary/aromatic N) is 1. The fraction of sp³-hybridized carbons (Fsp3) is 0.200. The lowest BCUT2D eigenvalue weighted by molar-refractivity contribution is 0.0505. The maximum atomic E-state index is 12.1. The Morgan fingerprint density at radius 1 is 1.13 bits per heavy atom. The van der Waals surface area contributed by atoms with Crippen molar-refractivity contribution in [1.29, 1.82) is 0 Å². The largest absolute Gasteiger partial charge is 0.505 e. The molecule has 0 amide bonds. The second kappa shape index (κ2) is 9.18. The third-order valence-electron chi connectivity index (χ3n) is 5.01. The number of hydrogen-bond acceptors (Lipinski definition) is 6. The summed E-state index contributed by atoms with van der Waals surface area (Å²) in [6.07, 6.45) is 0.789. The van der Waals surface area contributed by atoms with Crippen molar-refractivity contribution in [2.45, 2.75) is 26.3 Å². The molecule has 0 saturated heterocycles. The monoisotopic (exact) mass is 432 g/mol. The van der Waals surface area contributed by atoms with Crippen LogP contribution in [-0.2, 0) is 4.74 Å². The summed E-state index contributed by atoms with van der Waals surface area (Å²) in [6.45, 7) is 4.28. The highest BCUT2D eigenvalue weighted by molar-refractivity contribution is 7.10. The van der Waals surface area contributed by atoms with E-state index < -0.39 is 0 Å². The standard InChI is InChI=1S/C25H24N2O3S/c1-3-14-30-25(29)18-8-11-19(12-9-18)27-23(21-5-4-15-31-21)20-13-10-17-7-6-16(2)26-22(17)24(20)28/h4-13,15,23,27-28H,3,14H2,1-2H3. The number of phenols is 1. The number of carbonyl (C=O) groups excluding carboxylic acids is 1. The number of ether oxygens (including phenoxy) is 1. The smallest absolute Gasteiger partial charge is 0.338 e. The topological polar surface area (TPSA) is 71.5 Å². The first kappa shape index (κ1) is 20.9. The third-order valence-corrected chi connectivity index (χ3v) is 5.95. The predicted molar refractivity (Wildman–Crippen MR) is 125 cm³/mol. The Hall–Kier alpha value is -3.38. The van der Waals surface area contributed by atoms with Crippen molar-refractivity contribution in [1.82, 2.24) is 4.98 Å². The van der Waals surface area contributed by atoms with Crippen molar-refractivity contribution in [2.24, 2.45) is 0 Å². The molecule has 4 aromatic rings. The molecule has 0 bridgehead atoms. The van der Waals surface area contributed by atoms with Gasteiger partial charge in [0.1, 0.15) is 11.3 Å². The first-order chi connectivity index (χ1) is 15.1. The lowest BCUT2D eigenvalue weighted by Gasteiger charge is -2.21. The van der Waals surface area contributed by atoms with Gasteiger partial charge in [-0.25, -0.2) is 9.78 Å². The third kappa shape index (κ3) is 4.54. The van der Waals surface area contributed by atoms with Crippen molar-refractivity contribution < 1.29 is 14.6 Å². The number of anilines is 1. The predicted octanol–water partition coefficient (Wildman–Crippen LogP) is 6.08. The van der Waals surface area contributed by atoms with Gasteiger partial charge in [-0.1, -0.05) is 31.2 Å². The van der Waals surface area contributed by atoms with Crippen LogP contribution >= 0.6 is 11.3 Å². The molecule has 2 aromatic carbocycles. The molecule has 6 heteroatoms. The van der Waals surface area contributed by atoms with Crippen LogP contribution in [0.3, 0.4) is 0 Å². The van der Waals surface area contributed by atoms with E-state index in [1.165, 1.54) is 0 Å². The number of aryl methyl sites for hydroxylation is 1. The molecule has 0 fully saturated rings. The van der Waals surface area contributed by atoms with Gasteiger partial charge in [0, 0.05) is 27.2 Å². The number of aromatic nitrogens is 1. The van der Waals surface area contributed by atoms with Crippen molar-refractivity contribution in [3.8, 4) is 5.75 Å². The number of phenolic OH excluding ortho intramolecular Hbond substituents is 1. The van der Waals surface area contributed by atoms with E-state index >= 15 is 0 Å². The first-order valence-electron chi connectivity index (χ1n) is 10.2. The summed E-state index contributed by atoms with van der Waals surface area (Å²) in [5, 5.41) is 17.5. The molecule has 2 heterocycles. The normalized spacial score (nSPS) is 11.9. The van der Waals surface area contributed by atoms with E-state index in [1.807, 2.05) is 67.8 Å². The van der Waals surface area contributed by atoms with Gasteiger partial charge in [-0.3, -0.25) is 0 Å². The first-order valence-corrected chi connectivity index (χ1v) is 11.1. The fourth-order valence-electron chi connectivity index (χ4n) is 3.42. The summed E-state index contributed by atoms with van der Waals surface area (Å²) < 4.78 is 5.19. The Bertz CT molecular complexity index is 1190.